The predicted octanol–water partition coefficient (Wildman–Crippen LogP) is 8.94. The van der Waals surface area contributed by atoms with Crippen molar-refractivity contribution in [3.05, 3.63) is 36.5 Å². The molecule has 276 valence electrons. The van der Waals surface area contributed by atoms with Crippen molar-refractivity contribution >= 4 is 13.7 Å². The van der Waals surface area contributed by atoms with Gasteiger partial charge in [-0.3, -0.25) is 9.36 Å². The van der Waals surface area contributed by atoms with Crippen LogP contribution in [0.15, 0.2) is 36.5 Å². The number of quaternary nitrogens is 1. The van der Waals surface area contributed by atoms with Crippen LogP contribution in [-0.2, 0) is 18.4 Å². The van der Waals surface area contributed by atoms with Crippen LogP contribution in [0.1, 0.15) is 149 Å². The highest BCUT2D eigenvalue weighted by molar-refractivity contribution is 7.45. The lowest BCUT2D eigenvalue weighted by molar-refractivity contribution is -0.870. The molecule has 0 spiro atoms. The highest BCUT2D eigenvalue weighted by Gasteiger charge is 2.23. The minimum atomic E-state index is -4.59. The van der Waals surface area contributed by atoms with Crippen LogP contribution in [0.5, 0.6) is 0 Å². The summed E-state index contributed by atoms with van der Waals surface area (Å²) in [6.07, 6.45) is 34.7. The van der Waals surface area contributed by atoms with E-state index in [4.69, 9.17) is 9.05 Å². The summed E-state index contributed by atoms with van der Waals surface area (Å²) in [7, 11) is 1.23. The van der Waals surface area contributed by atoms with Crippen molar-refractivity contribution in [1.82, 2.24) is 5.32 Å². The van der Waals surface area contributed by atoms with Crippen LogP contribution in [0.3, 0.4) is 0 Å². The Bertz CT molecular complexity index is 871. The lowest BCUT2D eigenvalue weighted by Gasteiger charge is -2.29. The lowest BCUT2D eigenvalue weighted by atomic mass is 10.1. The maximum atomic E-state index is 12.7. The molecule has 3 unspecified atom stereocenters. The van der Waals surface area contributed by atoms with E-state index >= 15 is 0 Å². The molecule has 0 bridgehead atoms. The number of hydrogen-bond acceptors (Lipinski definition) is 6. The molecule has 0 aliphatic carbocycles. The number of hydrogen-bond donors (Lipinski definition) is 2. The number of carbonyl (C=O) groups is 1. The third-order valence-corrected chi connectivity index (χ3v) is 9.04. The van der Waals surface area contributed by atoms with Crippen LogP contribution in [0, 0.1) is 0 Å². The second-order valence-corrected chi connectivity index (χ2v) is 15.3. The number of nitrogens with one attached hydrogen (secondary N) is 1. The number of rotatable bonds is 33. The van der Waals surface area contributed by atoms with Crippen molar-refractivity contribution in [3.63, 3.8) is 0 Å². The number of aliphatic hydroxyl groups excluding tert-OH is 1. The van der Waals surface area contributed by atoms with Crippen LogP contribution in [0.2, 0.25) is 0 Å². The van der Waals surface area contributed by atoms with Crippen molar-refractivity contribution < 1.29 is 32.9 Å². The number of carbonyl (C=O) groups excluding carboxylic acids is 1. The van der Waals surface area contributed by atoms with E-state index in [0.717, 1.165) is 57.8 Å². The monoisotopic (exact) mass is 685 g/mol. The Morgan fingerprint density at radius 1 is 0.723 bits per heavy atom. The Balaban J connectivity index is 4.60. The van der Waals surface area contributed by atoms with Crippen LogP contribution in [0.4, 0.5) is 0 Å². The van der Waals surface area contributed by atoms with E-state index in [9.17, 15) is 19.4 Å². The maximum absolute atomic E-state index is 12.7. The summed E-state index contributed by atoms with van der Waals surface area (Å²) in [6.45, 7) is 4.55. The van der Waals surface area contributed by atoms with Crippen molar-refractivity contribution in [1.29, 1.82) is 0 Å². The number of phosphoric ester groups is 1. The summed E-state index contributed by atoms with van der Waals surface area (Å²) in [4.78, 5) is 25.1. The number of unbranched alkanes of at least 4 members (excludes halogenated alkanes) is 16. The molecule has 0 aromatic carbocycles. The molecule has 0 saturated carbocycles. The van der Waals surface area contributed by atoms with E-state index in [2.05, 4.69) is 43.5 Å². The number of amides is 1. The molecule has 1 amide bonds. The molecule has 2 N–H and O–H groups in total. The summed E-state index contributed by atoms with van der Waals surface area (Å²) >= 11 is 0. The summed E-state index contributed by atoms with van der Waals surface area (Å²) in [5.74, 6) is -0.221. The Hall–Kier alpha value is -1.28. The molecule has 0 aliphatic rings. The third kappa shape index (κ3) is 33.0. The quantitative estimate of drug-likeness (QED) is 0.0309. The zero-order valence-corrected chi connectivity index (χ0v) is 31.9. The van der Waals surface area contributed by atoms with Gasteiger partial charge in [0.1, 0.15) is 13.2 Å². The van der Waals surface area contributed by atoms with E-state index in [1.54, 1.807) is 6.08 Å². The van der Waals surface area contributed by atoms with Gasteiger partial charge in [0.2, 0.25) is 5.91 Å². The molecule has 8 nitrogen and oxygen atoms in total. The lowest BCUT2D eigenvalue weighted by Crippen LogP contribution is -2.45. The van der Waals surface area contributed by atoms with E-state index in [1.807, 2.05) is 27.2 Å². The topological polar surface area (TPSA) is 108 Å². The molecule has 0 aliphatic heterocycles. The highest BCUT2D eigenvalue weighted by atomic mass is 31.2. The van der Waals surface area contributed by atoms with Gasteiger partial charge in [-0.2, -0.15) is 0 Å². The highest BCUT2D eigenvalue weighted by Crippen LogP contribution is 2.38. The Kier molecular flexibility index (Phi) is 29.9. The smallest absolute Gasteiger partial charge is 0.268 e. The first-order chi connectivity index (χ1) is 22.5. The summed E-state index contributed by atoms with van der Waals surface area (Å²) < 4.78 is 23.0. The van der Waals surface area contributed by atoms with Crippen LogP contribution in [0.25, 0.3) is 0 Å². The number of likely N-dealkylation sites (N-methyl/N-ethyl adjacent to an activating group) is 1. The van der Waals surface area contributed by atoms with Gasteiger partial charge in [0.15, 0.2) is 0 Å². The second-order valence-electron chi connectivity index (χ2n) is 13.9. The molecule has 0 fully saturated rings. The summed E-state index contributed by atoms with van der Waals surface area (Å²) in [5.41, 5.74) is 0. The SMILES string of the molecule is CCCCCCC/C=C\CCCCCCCC(=O)NC(COP(=O)([O-])OCC[N+](C)(C)C)C(O)/C=C/CC/C=C/CCCCCCC. The molecule has 0 radical (unpaired) electrons. The molecular weight excluding hydrogens is 611 g/mol. The first-order valence-electron chi connectivity index (χ1n) is 18.9. The van der Waals surface area contributed by atoms with E-state index in [-0.39, 0.29) is 12.5 Å². The zero-order valence-electron chi connectivity index (χ0n) is 31.0. The largest absolute Gasteiger partial charge is 0.756 e. The first-order valence-corrected chi connectivity index (χ1v) is 20.3. The number of nitrogens with zero attached hydrogens (tertiary/aromatic N) is 1. The van der Waals surface area contributed by atoms with Crippen molar-refractivity contribution in [2.45, 2.75) is 161 Å². The second kappa shape index (κ2) is 30.8. The Labute approximate surface area is 289 Å². The van der Waals surface area contributed by atoms with Gasteiger partial charge in [0, 0.05) is 6.42 Å². The van der Waals surface area contributed by atoms with E-state index in [0.29, 0.717) is 17.4 Å². The van der Waals surface area contributed by atoms with Gasteiger partial charge < -0.3 is 28.8 Å². The first kappa shape index (κ1) is 45.7. The fourth-order valence-electron chi connectivity index (χ4n) is 4.98. The van der Waals surface area contributed by atoms with Crippen molar-refractivity contribution in [3.8, 4) is 0 Å². The Morgan fingerprint density at radius 3 is 1.72 bits per heavy atom. The third-order valence-electron chi connectivity index (χ3n) is 8.07. The van der Waals surface area contributed by atoms with E-state index < -0.39 is 26.6 Å². The van der Waals surface area contributed by atoms with Gasteiger partial charge in [0.25, 0.3) is 7.82 Å². The Morgan fingerprint density at radius 2 is 1.19 bits per heavy atom. The molecule has 0 aromatic heterocycles. The molecule has 0 rings (SSSR count). The number of phosphoric acid groups is 1. The van der Waals surface area contributed by atoms with Gasteiger partial charge in [-0.05, 0) is 57.8 Å². The molecular formula is C38H73N2O6P. The average molecular weight is 685 g/mol. The standard InChI is InChI=1S/C38H73N2O6P/c1-6-8-10-12-14-16-18-19-20-22-24-26-28-30-32-38(42)39-36(35-46-47(43,44)45-34-33-40(3,4)5)37(41)31-29-27-25-23-21-17-15-13-11-9-7-2/h18-19,21,23,29,31,36-37,41H,6-17,20,22,24-28,30,32-35H2,1-5H3,(H-,39,42,43,44)/b19-18-,23-21+,31-29+. The van der Waals surface area contributed by atoms with Gasteiger partial charge in [-0.15, -0.1) is 0 Å². The summed E-state index contributed by atoms with van der Waals surface area (Å²) in [5, 5.41) is 13.6. The molecule has 9 heteroatoms. The fraction of sp³-hybridized carbons (Fsp3) is 0.816. The molecule has 0 saturated heterocycles. The van der Waals surface area contributed by atoms with Crippen LogP contribution in [-0.4, -0.2) is 68.5 Å². The van der Waals surface area contributed by atoms with Gasteiger partial charge in [-0.25, -0.2) is 0 Å². The van der Waals surface area contributed by atoms with Crippen LogP contribution >= 0.6 is 7.82 Å². The maximum Gasteiger partial charge on any atom is 0.268 e. The normalized spacial score (nSPS) is 15.1. The van der Waals surface area contributed by atoms with Gasteiger partial charge >= 0.3 is 0 Å². The predicted molar refractivity (Wildman–Crippen MR) is 196 cm³/mol. The van der Waals surface area contributed by atoms with Gasteiger partial charge in [0.05, 0.1) is 39.9 Å². The van der Waals surface area contributed by atoms with Crippen molar-refractivity contribution in [2.75, 3.05) is 40.9 Å². The van der Waals surface area contributed by atoms with E-state index in [1.165, 1.54) is 70.6 Å². The average Bonchev–Trinajstić information content (AvgIpc) is 3.01. The van der Waals surface area contributed by atoms with Crippen molar-refractivity contribution in [2.24, 2.45) is 0 Å². The fourth-order valence-corrected chi connectivity index (χ4v) is 5.71. The zero-order chi connectivity index (χ0) is 35.1. The van der Waals surface area contributed by atoms with Crippen LogP contribution < -0.4 is 10.2 Å². The summed E-state index contributed by atoms with van der Waals surface area (Å²) in [6, 6.07) is -0.903. The minimum Gasteiger partial charge on any atom is -0.756 e. The molecule has 3 atom stereocenters. The molecule has 0 heterocycles. The van der Waals surface area contributed by atoms with Gasteiger partial charge in [-0.1, -0.05) is 121 Å². The number of aliphatic hydroxyl groups is 1. The minimum absolute atomic E-state index is 0.00850. The molecule has 47 heavy (non-hydrogen) atoms. The molecule has 0 aromatic rings. The number of allylic oxidation sites excluding steroid dienone is 5.